The van der Waals surface area contributed by atoms with Crippen molar-refractivity contribution in [1.29, 1.82) is 0 Å². The number of hydrogen-bond donors (Lipinski definition) is 1. The molecule has 1 aromatic heterocycles. The zero-order chi connectivity index (χ0) is 23.6. The molecule has 0 aliphatic heterocycles. The van der Waals surface area contributed by atoms with E-state index < -0.39 is 5.97 Å². The highest BCUT2D eigenvalue weighted by Gasteiger charge is 2.29. The standard InChI is InChI=1S/C24H28N2O5S.ClH/c1-7-31-24(28)21-20-15(13-25(2)3)17(27)10-9-16(20)26(4)22(21)23(32)14-8-11-18(29-5)19(12-14)30-6;/h8-12,27H,7,13H2,1-6H3;1H. The highest BCUT2D eigenvalue weighted by molar-refractivity contribution is 7.81. The number of carbonyl (C=O) groups is 1. The molecule has 2 aromatic carbocycles. The number of hydrogen-bond acceptors (Lipinski definition) is 7. The summed E-state index contributed by atoms with van der Waals surface area (Å²) < 4.78 is 18.0. The van der Waals surface area contributed by atoms with E-state index in [2.05, 4.69) is 0 Å². The van der Waals surface area contributed by atoms with E-state index in [4.69, 9.17) is 26.4 Å². The number of ether oxygens (including phenoxy) is 3. The molecule has 0 unspecified atom stereocenters. The highest BCUT2D eigenvalue weighted by Crippen LogP contribution is 2.37. The third kappa shape index (κ3) is 4.93. The molecule has 0 bridgehead atoms. The first-order valence-corrected chi connectivity index (χ1v) is 10.6. The van der Waals surface area contributed by atoms with Crippen LogP contribution in [0.5, 0.6) is 17.2 Å². The van der Waals surface area contributed by atoms with Crippen molar-refractivity contribution in [3.05, 3.63) is 52.7 Å². The lowest BCUT2D eigenvalue weighted by atomic mass is 10.00. The molecule has 7 nitrogen and oxygen atoms in total. The van der Waals surface area contributed by atoms with Crippen LogP contribution in [0.4, 0.5) is 0 Å². The molecule has 0 aliphatic rings. The third-order valence-electron chi connectivity index (χ3n) is 5.26. The Morgan fingerprint density at radius 2 is 1.79 bits per heavy atom. The first-order valence-electron chi connectivity index (χ1n) is 10.2. The molecule has 0 saturated heterocycles. The summed E-state index contributed by atoms with van der Waals surface area (Å²) in [6, 6.07) is 8.81. The number of phenols is 1. The van der Waals surface area contributed by atoms with Crippen LogP contribution < -0.4 is 9.47 Å². The van der Waals surface area contributed by atoms with Gasteiger partial charge >= 0.3 is 5.97 Å². The Labute approximate surface area is 205 Å². The van der Waals surface area contributed by atoms with Crippen LogP contribution in [-0.4, -0.2) is 60.3 Å². The Bertz CT molecular complexity index is 1190. The van der Waals surface area contributed by atoms with Crippen LogP contribution in [0, 0.1) is 0 Å². The number of aromatic nitrogens is 1. The maximum atomic E-state index is 13.2. The van der Waals surface area contributed by atoms with Gasteiger partial charge < -0.3 is 28.8 Å². The molecular formula is C24H29ClN2O5S. The second-order valence-electron chi connectivity index (χ2n) is 7.60. The summed E-state index contributed by atoms with van der Waals surface area (Å²) in [7, 11) is 8.78. The van der Waals surface area contributed by atoms with E-state index in [1.807, 2.05) is 36.7 Å². The fourth-order valence-corrected chi connectivity index (χ4v) is 4.21. The smallest absolute Gasteiger partial charge is 0.341 e. The van der Waals surface area contributed by atoms with E-state index in [0.717, 1.165) is 5.52 Å². The van der Waals surface area contributed by atoms with Crippen molar-refractivity contribution in [2.45, 2.75) is 13.5 Å². The Hall–Kier alpha value is -2.81. The molecule has 1 N–H and O–H groups in total. The van der Waals surface area contributed by atoms with Crippen LogP contribution in [0.1, 0.15) is 34.1 Å². The molecule has 1 heterocycles. The summed E-state index contributed by atoms with van der Waals surface area (Å²) in [5.41, 5.74) is 3.02. The van der Waals surface area contributed by atoms with Gasteiger partial charge in [-0.2, -0.15) is 0 Å². The van der Waals surface area contributed by atoms with Gasteiger partial charge in [-0.1, -0.05) is 12.2 Å². The maximum absolute atomic E-state index is 13.2. The quantitative estimate of drug-likeness (QED) is 0.285. The summed E-state index contributed by atoms with van der Waals surface area (Å²) in [4.78, 5) is 15.6. The van der Waals surface area contributed by atoms with Crippen molar-refractivity contribution in [2.24, 2.45) is 7.05 Å². The summed E-state index contributed by atoms with van der Waals surface area (Å²) in [6.07, 6.45) is 0. The highest BCUT2D eigenvalue weighted by atomic mass is 35.5. The summed E-state index contributed by atoms with van der Waals surface area (Å²) in [5.74, 6) is 0.752. The van der Waals surface area contributed by atoms with Crippen LogP contribution in [0.3, 0.4) is 0 Å². The Kier molecular flexibility index (Phi) is 8.71. The van der Waals surface area contributed by atoms with Crippen LogP contribution in [0.25, 0.3) is 10.9 Å². The normalized spacial score (nSPS) is 10.8. The summed E-state index contributed by atoms with van der Waals surface area (Å²) in [5, 5.41) is 11.3. The van der Waals surface area contributed by atoms with Crippen molar-refractivity contribution in [3.63, 3.8) is 0 Å². The molecule has 0 spiro atoms. The average Bonchev–Trinajstić information content (AvgIpc) is 3.07. The molecule has 178 valence electrons. The zero-order valence-corrected chi connectivity index (χ0v) is 21.2. The average molecular weight is 493 g/mol. The molecule has 0 saturated carbocycles. The fourth-order valence-electron chi connectivity index (χ4n) is 3.85. The molecule has 3 aromatic rings. The second-order valence-corrected chi connectivity index (χ2v) is 8.01. The van der Waals surface area contributed by atoms with Crippen LogP contribution in [0.15, 0.2) is 30.3 Å². The minimum atomic E-state index is -0.485. The largest absolute Gasteiger partial charge is 0.508 e. The first-order chi connectivity index (χ1) is 15.2. The van der Waals surface area contributed by atoms with E-state index in [1.54, 1.807) is 45.4 Å². The lowest BCUT2D eigenvalue weighted by Gasteiger charge is -2.14. The van der Waals surface area contributed by atoms with Crippen molar-refractivity contribution in [3.8, 4) is 17.2 Å². The third-order valence-corrected chi connectivity index (χ3v) is 5.69. The Balaban J connectivity index is 0.00000385. The number of phenolic OH excluding ortho intramolecular Hbond substituents is 1. The predicted octanol–water partition coefficient (Wildman–Crippen LogP) is 4.33. The lowest BCUT2D eigenvalue weighted by Crippen LogP contribution is -2.15. The number of halogens is 1. The van der Waals surface area contributed by atoms with E-state index >= 15 is 0 Å². The number of methoxy groups -OCH3 is 2. The number of nitrogens with zero attached hydrogens (tertiary/aromatic N) is 2. The Morgan fingerprint density at radius 1 is 1.12 bits per heavy atom. The summed E-state index contributed by atoms with van der Waals surface area (Å²) in [6.45, 7) is 2.43. The van der Waals surface area contributed by atoms with Crippen molar-refractivity contribution in [1.82, 2.24) is 9.47 Å². The van der Waals surface area contributed by atoms with Gasteiger partial charge in [0.1, 0.15) is 5.75 Å². The molecule has 0 radical (unpaired) electrons. The van der Waals surface area contributed by atoms with E-state index in [0.29, 0.717) is 50.7 Å². The molecule has 9 heteroatoms. The number of aryl methyl sites for hydroxylation is 1. The molecule has 3 rings (SSSR count). The van der Waals surface area contributed by atoms with Gasteiger partial charge in [0, 0.05) is 30.1 Å². The number of aromatic hydroxyl groups is 1. The van der Waals surface area contributed by atoms with Crippen molar-refractivity contribution >= 4 is 46.4 Å². The first kappa shape index (κ1) is 26.4. The van der Waals surface area contributed by atoms with Gasteiger partial charge in [-0.25, -0.2) is 4.79 Å². The number of thiocarbonyl (C=S) groups is 1. The number of esters is 1. The lowest BCUT2D eigenvalue weighted by molar-refractivity contribution is 0.0528. The molecule has 33 heavy (non-hydrogen) atoms. The van der Waals surface area contributed by atoms with E-state index in [9.17, 15) is 9.90 Å². The van der Waals surface area contributed by atoms with Crippen molar-refractivity contribution in [2.75, 3.05) is 34.9 Å². The van der Waals surface area contributed by atoms with Gasteiger partial charge in [0.2, 0.25) is 0 Å². The zero-order valence-electron chi connectivity index (χ0n) is 19.6. The fraction of sp³-hybridized carbons (Fsp3) is 0.333. The minimum Gasteiger partial charge on any atom is -0.508 e. The van der Waals surface area contributed by atoms with Crippen LogP contribution in [-0.2, 0) is 18.3 Å². The second kappa shape index (κ2) is 10.9. The van der Waals surface area contributed by atoms with E-state index in [1.165, 1.54) is 0 Å². The van der Waals surface area contributed by atoms with Gasteiger partial charge in [-0.15, -0.1) is 12.4 Å². The molecule has 0 fully saturated rings. The summed E-state index contributed by atoms with van der Waals surface area (Å²) >= 11 is 5.86. The topological polar surface area (TPSA) is 73.2 Å². The molecule has 0 amide bonds. The van der Waals surface area contributed by atoms with Gasteiger partial charge in [0.05, 0.1) is 36.9 Å². The molecular weight excluding hydrogens is 464 g/mol. The van der Waals surface area contributed by atoms with Gasteiger partial charge in [0.25, 0.3) is 0 Å². The number of rotatable bonds is 8. The minimum absolute atomic E-state index is 0. The maximum Gasteiger partial charge on any atom is 0.341 e. The SMILES string of the molecule is CCOC(=O)c1c(C(=S)c2ccc(OC)c(OC)c2)n(C)c2ccc(O)c(CN(C)C)c12.Cl. The van der Waals surface area contributed by atoms with Gasteiger partial charge in [-0.3, -0.25) is 0 Å². The molecule has 0 aliphatic carbocycles. The monoisotopic (exact) mass is 492 g/mol. The Morgan fingerprint density at radius 3 is 2.36 bits per heavy atom. The van der Waals surface area contributed by atoms with Crippen LogP contribution >= 0.6 is 24.6 Å². The van der Waals surface area contributed by atoms with Crippen LogP contribution in [0.2, 0.25) is 0 Å². The molecule has 0 atom stereocenters. The number of carbonyl (C=O) groups excluding carboxylic acids is 1. The predicted molar refractivity (Wildman–Crippen MR) is 136 cm³/mol. The number of benzene rings is 2. The van der Waals surface area contributed by atoms with E-state index in [-0.39, 0.29) is 24.8 Å². The van der Waals surface area contributed by atoms with Crippen molar-refractivity contribution < 1.29 is 24.1 Å². The van der Waals surface area contributed by atoms with Gasteiger partial charge in [0.15, 0.2) is 11.5 Å². The number of fused-ring (bicyclic) bond motifs is 1. The van der Waals surface area contributed by atoms with Gasteiger partial charge in [-0.05, 0) is 56.9 Å².